The van der Waals surface area contributed by atoms with Gasteiger partial charge in [0.25, 0.3) is 0 Å². The molecule has 1 aromatic heterocycles. The number of amides is 1. The fraction of sp³-hybridized carbons (Fsp3) is 0.360. The monoisotopic (exact) mass is 434 g/mol. The number of carbonyl (C=O) groups excluding carboxylic acids is 1. The molecule has 0 fully saturated rings. The molecule has 1 amide bonds. The average Bonchev–Trinajstić information content (AvgIpc) is 2.78. The van der Waals surface area contributed by atoms with Crippen molar-refractivity contribution in [3.63, 3.8) is 0 Å². The number of aliphatic hydroxyl groups is 1. The smallest absolute Gasteiger partial charge is 0.243 e. The Balaban J connectivity index is 1.73. The highest BCUT2D eigenvalue weighted by Crippen LogP contribution is 2.35. The van der Waals surface area contributed by atoms with E-state index in [1.807, 2.05) is 68.3 Å². The number of pyridine rings is 1. The molecule has 0 unspecified atom stereocenters. The van der Waals surface area contributed by atoms with E-state index in [-0.39, 0.29) is 30.5 Å². The predicted molar refractivity (Wildman–Crippen MR) is 126 cm³/mol. The van der Waals surface area contributed by atoms with Gasteiger partial charge in [0.1, 0.15) is 17.5 Å². The number of rotatable bonds is 5. The summed E-state index contributed by atoms with van der Waals surface area (Å²) in [5.74, 6) is 1.40. The van der Waals surface area contributed by atoms with Crippen LogP contribution in [0.5, 0.6) is 11.5 Å². The summed E-state index contributed by atoms with van der Waals surface area (Å²) in [6.07, 6.45) is 2.27. The molecule has 0 saturated heterocycles. The maximum absolute atomic E-state index is 12.9. The highest BCUT2D eigenvalue weighted by molar-refractivity contribution is 5.87. The standard InChI is InChI=1S/C25H30N4O3/c1-15(2)24-25(31)28-18(14-30)11-17-5-6-19(12-22(17)29(24)3)32-23-8-9-27-21-10-16(13-26)4-7-20(21)23/h4-10,12,15,18,24,30H,11,13-14,26H2,1-3H3,(H,28,31)/t18-,24-/m0/s1. The number of ether oxygens (including phenoxy) is 1. The van der Waals surface area contributed by atoms with Gasteiger partial charge in [-0.1, -0.05) is 26.0 Å². The Morgan fingerprint density at radius 2 is 2.06 bits per heavy atom. The van der Waals surface area contributed by atoms with Gasteiger partial charge >= 0.3 is 0 Å². The third kappa shape index (κ3) is 4.26. The molecular weight excluding hydrogens is 404 g/mol. The molecule has 0 radical (unpaired) electrons. The third-order valence-electron chi connectivity index (χ3n) is 6.02. The minimum absolute atomic E-state index is 0.0747. The Bertz CT molecular complexity index is 1130. The largest absolute Gasteiger partial charge is 0.457 e. The predicted octanol–water partition coefficient (Wildman–Crippen LogP) is 2.98. The van der Waals surface area contributed by atoms with E-state index in [1.54, 1.807) is 6.20 Å². The molecule has 0 spiro atoms. The number of nitrogens with two attached hydrogens (primary N) is 1. The molecule has 0 bridgehead atoms. The van der Waals surface area contributed by atoms with Gasteiger partial charge in [-0.3, -0.25) is 9.78 Å². The Morgan fingerprint density at radius 3 is 2.78 bits per heavy atom. The molecule has 7 nitrogen and oxygen atoms in total. The van der Waals surface area contributed by atoms with Gasteiger partial charge in [-0.2, -0.15) is 0 Å². The summed E-state index contributed by atoms with van der Waals surface area (Å²) in [5, 5.41) is 13.6. The molecule has 1 aliphatic rings. The Labute approximate surface area is 188 Å². The van der Waals surface area contributed by atoms with Crippen molar-refractivity contribution in [2.45, 2.75) is 38.9 Å². The van der Waals surface area contributed by atoms with Gasteiger partial charge in [0.2, 0.25) is 5.91 Å². The van der Waals surface area contributed by atoms with Crippen molar-refractivity contribution in [3.05, 3.63) is 59.8 Å². The summed E-state index contributed by atoms with van der Waals surface area (Å²) in [7, 11) is 1.93. The number of hydrogen-bond acceptors (Lipinski definition) is 6. The van der Waals surface area contributed by atoms with E-state index < -0.39 is 0 Å². The highest BCUT2D eigenvalue weighted by Gasteiger charge is 2.32. The molecular formula is C25H30N4O3. The fourth-order valence-corrected chi connectivity index (χ4v) is 4.41. The zero-order valence-electron chi connectivity index (χ0n) is 18.7. The van der Waals surface area contributed by atoms with Gasteiger partial charge in [-0.15, -0.1) is 0 Å². The molecule has 32 heavy (non-hydrogen) atoms. The number of hydrogen-bond donors (Lipinski definition) is 3. The van der Waals surface area contributed by atoms with Crippen molar-refractivity contribution < 1.29 is 14.6 Å². The van der Waals surface area contributed by atoms with Gasteiger partial charge in [-0.25, -0.2) is 0 Å². The maximum atomic E-state index is 12.9. The van der Waals surface area contributed by atoms with Crippen molar-refractivity contribution in [2.24, 2.45) is 11.7 Å². The summed E-state index contributed by atoms with van der Waals surface area (Å²) < 4.78 is 6.28. The molecule has 4 N–H and O–H groups in total. The van der Waals surface area contributed by atoms with Crippen molar-refractivity contribution in [1.29, 1.82) is 0 Å². The molecule has 2 heterocycles. The van der Waals surface area contributed by atoms with Crippen LogP contribution < -0.4 is 20.7 Å². The van der Waals surface area contributed by atoms with Crippen LogP contribution in [-0.2, 0) is 17.8 Å². The number of carbonyl (C=O) groups is 1. The molecule has 7 heteroatoms. The number of nitrogens with one attached hydrogen (secondary N) is 1. The van der Waals surface area contributed by atoms with Crippen LogP contribution in [0.1, 0.15) is 25.0 Å². The first-order valence-corrected chi connectivity index (χ1v) is 10.9. The molecule has 0 aliphatic carbocycles. The number of aromatic nitrogens is 1. The van der Waals surface area contributed by atoms with Crippen LogP contribution >= 0.6 is 0 Å². The van der Waals surface area contributed by atoms with E-state index in [0.717, 1.165) is 27.7 Å². The summed E-state index contributed by atoms with van der Waals surface area (Å²) in [6, 6.07) is 13.0. The van der Waals surface area contributed by atoms with Gasteiger partial charge in [0.15, 0.2) is 0 Å². The van der Waals surface area contributed by atoms with E-state index in [1.165, 1.54) is 0 Å². The van der Waals surface area contributed by atoms with Crippen LogP contribution in [0.15, 0.2) is 48.7 Å². The lowest BCUT2D eigenvalue weighted by molar-refractivity contribution is -0.124. The maximum Gasteiger partial charge on any atom is 0.243 e. The fourth-order valence-electron chi connectivity index (χ4n) is 4.41. The zero-order chi connectivity index (χ0) is 22.8. The summed E-state index contributed by atoms with van der Waals surface area (Å²) in [4.78, 5) is 19.3. The van der Waals surface area contributed by atoms with Crippen LogP contribution in [0.3, 0.4) is 0 Å². The van der Waals surface area contributed by atoms with Crippen LogP contribution in [0.25, 0.3) is 10.9 Å². The van der Waals surface area contributed by atoms with Gasteiger partial charge in [0.05, 0.1) is 18.2 Å². The second kappa shape index (κ2) is 9.14. The summed E-state index contributed by atoms with van der Waals surface area (Å²) in [5.41, 5.74) is 9.58. The molecule has 0 saturated carbocycles. The highest BCUT2D eigenvalue weighted by atomic mass is 16.5. The summed E-state index contributed by atoms with van der Waals surface area (Å²) >= 11 is 0. The van der Waals surface area contributed by atoms with E-state index in [4.69, 9.17) is 10.5 Å². The second-order valence-electron chi connectivity index (χ2n) is 8.65. The van der Waals surface area contributed by atoms with Gasteiger partial charge in [0, 0.05) is 36.9 Å². The van der Waals surface area contributed by atoms with E-state index >= 15 is 0 Å². The van der Waals surface area contributed by atoms with Crippen molar-refractivity contribution in [2.75, 3.05) is 18.6 Å². The quantitative estimate of drug-likeness (QED) is 0.571. The second-order valence-corrected chi connectivity index (χ2v) is 8.65. The van der Waals surface area contributed by atoms with Crippen LogP contribution in [0.2, 0.25) is 0 Å². The van der Waals surface area contributed by atoms with Crippen molar-refractivity contribution >= 4 is 22.5 Å². The number of anilines is 1. The first-order chi connectivity index (χ1) is 15.4. The lowest BCUT2D eigenvalue weighted by Gasteiger charge is -2.37. The van der Waals surface area contributed by atoms with Gasteiger partial charge < -0.3 is 25.8 Å². The number of aliphatic hydroxyl groups excluding tert-OH is 1. The zero-order valence-corrected chi connectivity index (χ0v) is 18.7. The molecule has 2 atom stereocenters. The first kappa shape index (κ1) is 22.0. The van der Waals surface area contributed by atoms with Crippen molar-refractivity contribution in [1.82, 2.24) is 10.3 Å². The average molecular weight is 435 g/mol. The Kier molecular flexibility index (Phi) is 6.30. The van der Waals surface area contributed by atoms with Crippen LogP contribution in [-0.4, -0.2) is 41.7 Å². The molecule has 1 aliphatic heterocycles. The molecule has 3 aromatic rings. The van der Waals surface area contributed by atoms with Crippen molar-refractivity contribution in [3.8, 4) is 11.5 Å². The Morgan fingerprint density at radius 1 is 1.25 bits per heavy atom. The third-order valence-corrected chi connectivity index (χ3v) is 6.02. The SMILES string of the molecule is CC(C)[C@H]1C(=O)N[C@H](CO)Cc2ccc(Oc3ccnc4cc(CN)ccc34)cc2N1C. The topological polar surface area (TPSA) is 101 Å². The normalized spacial score (nSPS) is 18.8. The summed E-state index contributed by atoms with van der Waals surface area (Å²) in [6.45, 7) is 4.40. The lowest BCUT2D eigenvalue weighted by atomic mass is 9.95. The van der Waals surface area contributed by atoms with Crippen LogP contribution in [0.4, 0.5) is 5.69 Å². The Hall–Kier alpha value is -3.16. The number of nitrogens with zero attached hydrogens (tertiary/aromatic N) is 2. The van der Waals surface area contributed by atoms with E-state index in [2.05, 4.69) is 10.3 Å². The van der Waals surface area contributed by atoms with E-state index in [9.17, 15) is 9.90 Å². The molecule has 2 aromatic carbocycles. The lowest BCUT2D eigenvalue weighted by Crippen LogP contribution is -2.54. The first-order valence-electron chi connectivity index (χ1n) is 10.9. The number of benzene rings is 2. The number of likely N-dealkylation sites (N-methyl/N-ethyl adjacent to an activating group) is 1. The van der Waals surface area contributed by atoms with Gasteiger partial charge in [-0.05, 0) is 47.7 Å². The van der Waals surface area contributed by atoms with E-state index in [0.29, 0.717) is 24.5 Å². The minimum Gasteiger partial charge on any atom is -0.457 e. The van der Waals surface area contributed by atoms with Crippen LogP contribution in [0, 0.1) is 5.92 Å². The minimum atomic E-state index is -0.352. The number of fused-ring (bicyclic) bond motifs is 2. The molecule has 4 rings (SSSR count). The molecule has 168 valence electrons.